The lowest BCUT2D eigenvalue weighted by atomic mass is 10.2. The Bertz CT molecular complexity index is 1050. The van der Waals surface area contributed by atoms with Gasteiger partial charge in [-0.3, -0.25) is 9.59 Å². The molecular weight excluding hydrogens is 378 g/mol. The summed E-state index contributed by atoms with van der Waals surface area (Å²) < 4.78 is 5.11. The van der Waals surface area contributed by atoms with Crippen LogP contribution < -0.4 is 20.3 Å². The Morgan fingerprint density at radius 1 is 0.900 bits per heavy atom. The van der Waals surface area contributed by atoms with Crippen LogP contribution in [0, 0.1) is 0 Å². The van der Waals surface area contributed by atoms with Crippen LogP contribution in [0.1, 0.15) is 15.9 Å². The molecule has 30 heavy (non-hydrogen) atoms. The zero-order chi connectivity index (χ0) is 20.9. The Morgan fingerprint density at radius 2 is 1.57 bits per heavy atom. The first-order chi connectivity index (χ1) is 14.6. The molecule has 0 spiro atoms. The third-order valence-electron chi connectivity index (χ3n) is 5.10. The van der Waals surface area contributed by atoms with E-state index < -0.39 is 0 Å². The number of hydrogen-bond donors (Lipinski definition) is 2. The summed E-state index contributed by atoms with van der Waals surface area (Å²) >= 11 is 0. The summed E-state index contributed by atoms with van der Waals surface area (Å²) in [5.41, 5.74) is 4.26. The van der Waals surface area contributed by atoms with E-state index in [4.69, 9.17) is 4.74 Å². The van der Waals surface area contributed by atoms with Crippen molar-refractivity contribution in [1.29, 1.82) is 0 Å². The van der Waals surface area contributed by atoms with Gasteiger partial charge in [0.15, 0.2) is 0 Å². The van der Waals surface area contributed by atoms with Crippen LogP contribution in [-0.2, 0) is 11.2 Å². The summed E-state index contributed by atoms with van der Waals surface area (Å²) in [5.74, 6) is 0.430. The number of rotatable bonds is 6. The molecule has 0 fully saturated rings. The molecule has 0 aromatic heterocycles. The van der Waals surface area contributed by atoms with Crippen LogP contribution in [0.4, 0.5) is 17.1 Å². The van der Waals surface area contributed by atoms with Crippen LogP contribution in [0.15, 0.2) is 72.8 Å². The van der Waals surface area contributed by atoms with E-state index >= 15 is 0 Å². The molecule has 6 heteroatoms. The minimum absolute atomic E-state index is 0.0814. The number of para-hydroxylation sites is 1. The number of ether oxygens (including phenoxy) is 1. The van der Waals surface area contributed by atoms with Gasteiger partial charge in [0.2, 0.25) is 5.91 Å². The summed E-state index contributed by atoms with van der Waals surface area (Å²) in [6.45, 7) is 1.15. The van der Waals surface area contributed by atoms with Crippen molar-refractivity contribution in [2.45, 2.75) is 6.42 Å². The molecule has 1 aliphatic heterocycles. The Morgan fingerprint density at radius 3 is 2.30 bits per heavy atom. The third-order valence-corrected chi connectivity index (χ3v) is 5.10. The topological polar surface area (TPSA) is 70.7 Å². The van der Waals surface area contributed by atoms with E-state index in [0.717, 1.165) is 24.4 Å². The quantitative estimate of drug-likeness (QED) is 0.656. The lowest BCUT2D eigenvalue weighted by Gasteiger charge is -2.18. The molecule has 2 amide bonds. The number of carbonyl (C=O) groups is 2. The second kappa shape index (κ2) is 8.69. The van der Waals surface area contributed by atoms with Crippen molar-refractivity contribution in [2.24, 2.45) is 0 Å². The van der Waals surface area contributed by atoms with E-state index in [2.05, 4.69) is 21.6 Å². The number of amides is 2. The lowest BCUT2D eigenvalue weighted by Crippen LogP contribution is -2.31. The van der Waals surface area contributed by atoms with Gasteiger partial charge in [0, 0.05) is 29.2 Å². The van der Waals surface area contributed by atoms with Gasteiger partial charge in [0.25, 0.3) is 5.91 Å². The van der Waals surface area contributed by atoms with Crippen LogP contribution in [-0.4, -0.2) is 32.0 Å². The monoisotopic (exact) mass is 401 g/mol. The highest BCUT2D eigenvalue weighted by Gasteiger charge is 2.20. The Labute approximate surface area is 175 Å². The van der Waals surface area contributed by atoms with Gasteiger partial charge >= 0.3 is 0 Å². The van der Waals surface area contributed by atoms with Crippen LogP contribution in [0.2, 0.25) is 0 Å². The van der Waals surface area contributed by atoms with E-state index in [9.17, 15) is 9.59 Å². The molecule has 152 valence electrons. The second-order valence-electron chi connectivity index (χ2n) is 7.11. The lowest BCUT2D eigenvalue weighted by molar-refractivity contribution is -0.115. The van der Waals surface area contributed by atoms with Crippen molar-refractivity contribution in [3.8, 4) is 5.75 Å². The van der Waals surface area contributed by atoms with Gasteiger partial charge < -0.3 is 20.3 Å². The van der Waals surface area contributed by atoms with E-state index in [1.165, 1.54) is 5.56 Å². The molecule has 0 atom stereocenters. The van der Waals surface area contributed by atoms with Crippen molar-refractivity contribution >= 4 is 28.9 Å². The van der Waals surface area contributed by atoms with Crippen LogP contribution in [0.3, 0.4) is 0 Å². The SMILES string of the molecule is COc1ccc(NC(=O)c2ccc(NC(=O)CN3CCc4ccccc43)cc2)cc1. The number of fused-ring (bicyclic) bond motifs is 1. The molecule has 4 rings (SSSR count). The molecule has 2 N–H and O–H groups in total. The molecule has 1 heterocycles. The van der Waals surface area contributed by atoms with Crippen LogP contribution in [0.25, 0.3) is 0 Å². The van der Waals surface area contributed by atoms with E-state index in [1.807, 2.05) is 18.2 Å². The molecule has 3 aromatic rings. The maximum absolute atomic E-state index is 12.4. The zero-order valence-corrected chi connectivity index (χ0v) is 16.7. The van der Waals surface area contributed by atoms with Crippen molar-refractivity contribution in [3.63, 3.8) is 0 Å². The molecule has 0 bridgehead atoms. The van der Waals surface area contributed by atoms with Gasteiger partial charge in [0.1, 0.15) is 5.75 Å². The highest BCUT2D eigenvalue weighted by Crippen LogP contribution is 2.27. The van der Waals surface area contributed by atoms with E-state index in [1.54, 1.807) is 55.6 Å². The molecule has 0 saturated carbocycles. The fraction of sp³-hybridized carbons (Fsp3) is 0.167. The van der Waals surface area contributed by atoms with Gasteiger partial charge in [-0.25, -0.2) is 0 Å². The molecular formula is C24H23N3O3. The average Bonchev–Trinajstić information content (AvgIpc) is 3.17. The predicted molar refractivity (Wildman–Crippen MR) is 118 cm³/mol. The number of methoxy groups -OCH3 is 1. The minimum atomic E-state index is -0.216. The first-order valence-electron chi connectivity index (χ1n) is 9.80. The third kappa shape index (κ3) is 4.43. The molecule has 0 aliphatic carbocycles. The van der Waals surface area contributed by atoms with Gasteiger partial charge in [-0.05, 0) is 66.6 Å². The van der Waals surface area contributed by atoms with Crippen molar-refractivity contribution in [1.82, 2.24) is 0 Å². The van der Waals surface area contributed by atoms with Crippen LogP contribution >= 0.6 is 0 Å². The fourth-order valence-electron chi connectivity index (χ4n) is 3.53. The van der Waals surface area contributed by atoms with Crippen LogP contribution in [0.5, 0.6) is 5.75 Å². The summed E-state index contributed by atoms with van der Waals surface area (Å²) in [6.07, 6.45) is 0.960. The molecule has 6 nitrogen and oxygen atoms in total. The smallest absolute Gasteiger partial charge is 0.255 e. The highest BCUT2D eigenvalue weighted by molar-refractivity contribution is 6.04. The largest absolute Gasteiger partial charge is 0.497 e. The Kier molecular flexibility index (Phi) is 5.66. The number of carbonyl (C=O) groups excluding carboxylic acids is 2. The predicted octanol–water partition coefficient (Wildman–Crippen LogP) is 3.95. The summed E-state index contributed by atoms with van der Waals surface area (Å²) in [6, 6.07) is 22.1. The maximum atomic E-state index is 12.4. The summed E-state index contributed by atoms with van der Waals surface area (Å²) in [7, 11) is 1.60. The molecule has 3 aromatic carbocycles. The summed E-state index contributed by atoms with van der Waals surface area (Å²) in [4.78, 5) is 26.9. The number of benzene rings is 3. The number of hydrogen-bond acceptors (Lipinski definition) is 4. The molecule has 1 aliphatic rings. The Balaban J connectivity index is 1.33. The van der Waals surface area contributed by atoms with E-state index in [0.29, 0.717) is 23.5 Å². The highest BCUT2D eigenvalue weighted by atomic mass is 16.5. The molecule has 0 saturated heterocycles. The van der Waals surface area contributed by atoms with Crippen molar-refractivity contribution in [2.75, 3.05) is 35.7 Å². The first-order valence-corrected chi connectivity index (χ1v) is 9.80. The standard InChI is InChI=1S/C24H23N3O3/c1-30-21-12-10-20(11-13-21)26-24(29)18-6-8-19(9-7-18)25-23(28)16-27-15-14-17-4-2-3-5-22(17)27/h2-13H,14-16H2,1H3,(H,25,28)(H,26,29). The average molecular weight is 401 g/mol. The first kappa shape index (κ1) is 19.5. The number of nitrogens with one attached hydrogen (secondary N) is 2. The van der Waals surface area contributed by atoms with Gasteiger partial charge in [-0.2, -0.15) is 0 Å². The van der Waals surface area contributed by atoms with Gasteiger partial charge in [0.05, 0.1) is 13.7 Å². The number of anilines is 3. The second-order valence-corrected chi connectivity index (χ2v) is 7.11. The van der Waals surface area contributed by atoms with Crippen molar-refractivity contribution in [3.05, 3.63) is 83.9 Å². The normalized spacial score (nSPS) is 12.2. The fourth-order valence-corrected chi connectivity index (χ4v) is 3.53. The summed E-state index contributed by atoms with van der Waals surface area (Å²) in [5, 5.41) is 5.74. The van der Waals surface area contributed by atoms with Gasteiger partial charge in [-0.1, -0.05) is 18.2 Å². The molecule has 0 unspecified atom stereocenters. The van der Waals surface area contributed by atoms with Gasteiger partial charge in [-0.15, -0.1) is 0 Å². The Hall–Kier alpha value is -3.80. The molecule has 0 radical (unpaired) electrons. The zero-order valence-electron chi connectivity index (χ0n) is 16.7. The number of nitrogens with zero attached hydrogens (tertiary/aromatic N) is 1. The minimum Gasteiger partial charge on any atom is -0.497 e. The van der Waals surface area contributed by atoms with Crippen molar-refractivity contribution < 1.29 is 14.3 Å². The van der Waals surface area contributed by atoms with E-state index in [-0.39, 0.29) is 11.8 Å². The maximum Gasteiger partial charge on any atom is 0.255 e.